The normalized spacial score (nSPS) is 10.6. The monoisotopic (exact) mass is 215 g/mol. The summed E-state index contributed by atoms with van der Waals surface area (Å²) in [5, 5.41) is 11.7. The topological polar surface area (TPSA) is 49.3 Å². The average molecular weight is 215 g/mol. The molecular formula is C13H13NO2. The molecule has 0 aliphatic carbocycles. The third-order valence-corrected chi connectivity index (χ3v) is 1.90. The van der Waals surface area contributed by atoms with E-state index in [1.54, 1.807) is 18.2 Å². The molecule has 0 unspecified atom stereocenters. The van der Waals surface area contributed by atoms with Crippen LogP contribution in [-0.2, 0) is 4.79 Å². The van der Waals surface area contributed by atoms with Crippen LogP contribution in [0.3, 0.4) is 0 Å². The first-order valence-electron chi connectivity index (χ1n) is 4.73. The van der Waals surface area contributed by atoms with Crippen molar-refractivity contribution in [1.29, 1.82) is 0 Å². The van der Waals surface area contributed by atoms with Crippen LogP contribution in [0.25, 0.3) is 0 Å². The van der Waals surface area contributed by atoms with Gasteiger partial charge in [0, 0.05) is 11.3 Å². The Bertz CT molecular complexity index is 430. The Kier molecular flexibility index (Phi) is 4.09. The van der Waals surface area contributed by atoms with E-state index in [0.29, 0.717) is 11.3 Å². The SMILES string of the molecule is C=C/C=C(\C=C)C(=O)Nc1ccc(O)cc1. The molecule has 16 heavy (non-hydrogen) atoms. The van der Waals surface area contributed by atoms with Crippen molar-refractivity contribution in [3.05, 3.63) is 61.2 Å². The highest BCUT2D eigenvalue weighted by Crippen LogP contribution is 2.14. The zero-order chi connectivity index (χ0) is 12.0. The molecule has 1 amide bonds. The van der Waals surface area contributed by atoms with Crippen molar-refractivity contribution in [1.82, 2.24) is 0 Å². The van der Waals surface area contributed by atoms with Crippen LogP contribution >= 0.6 is 0 Å². The van der Waals surface area contributed by atoms with Gasteiger partial charge in [0.1, 0.15) is 5.75 Å². The number of hydrogen-bond donors (Lipinski definition) is 2. The molecule has 0 aliphatic heterocycles. The first-order chi connectivity index (χ1) is 7.67. The summed E-state index contributed by atoms with van der Waals surface area (Å²) in [4.78, 5) is 11.7. The molecule has 82 valence electrons. The number of hydrogen-bond acceptors (Lipinski definition) is 2. The van der Waals surface area contributed by atoms with E-state index in [1.807, 2.05) is 0 Å². The van der Waals surface area contributed by atoms with Crippen LogP contribution in [0.4, 0.5) is 5.69 Å². The van der Waals surface area contributed by atoms with E-state index in [9.17, 15) is 4.79 Å². The number of phenolic OH excluding ortho intramolecular Hbond substituents is 1. The number of amides is 1. The molecule has 2 N–H and O–H groups in total. The van der Waals surface area contributed by atoms with Crippen molar-refractivity contribution < 1.29 is 9.90 Å². The summed E-state index contributed by atoms with van der Waals surface area (Å²) in [7, 11) is 0. The number of carbonyl (C=O) groups excluding carboxylic acids is 1. The lowest BCUT2D eigenvalue weighted by Gasteiger charge is -2.05. The predicted molar refractivity (Wildman–Crippen MR) is 65.2 cm³/mol. The molecule has 0 aromatic heterocycles. The van der Waals surface area contributed by atoms with Gasteiger partial charge in [-0.1, -0.05) is 31.4 Å². The minimum Gasteiger partial charge on any atom is -0.508 e. The maximum Gasteiger partial charge on any atom is 0.255 e. The zero-order valence-electron chi connectivity index (χ0n) is 8.81. The summed E-state index contributed by atoms with van der Waals surface area (Å²) in [6.07, 6.45) is 4.55. The lowest BCUT2D eigenvalue weighted by Crippen LogP contribution is -2.12. The van der Waals surface area contributed by atoms with Gasteiger partial charge in [-0.3, -0.25) is 4.79 Å². The van der Waals surface area contributed by atoms with E-state index in [4.69, 9.17) is 5.11 Å². The van der Waals surface area contributed by atoms with Crippen LogP contribution < -0.4 is 5.32 Å². The molecule has 0 heterocycles. The highest BCUT2D eigenvalue weighted by molar-refractivity contribution is 6.05. The summed E-state index contributed by atoms with van der Waals surface area (Å²) in [5.41, 5.74) is 1.04. The van der Waals surface area contributed by atoms with Crippen LogP contribution in [0.15, 0.2) is 61.2 Å². The van der Waals surface area contributed by atoms with Gasteiger partial charge in [0.15, 0.2) is 0 Å². The number of aromatic hydroxyl groups is 1. The second-order valence-electron chi connectivity index (χ2n) is 3.06. The number of nitrogens with one attached hydrogen (secondary N) is 1. The van der Waals surface area contributed by atoms with Gasteiger partial charge < -0.3 is 10.4 Å². The van der Waals surface area contributed by atoms with E-state index in [-0.39, 0.29) is 11.7 Å². The van der Waals surface area contributed by atoms with Gasteiger partial charge in [-0.05, 0) is 24.3 Å². The number of anilines is 1. The Hall–Kier alpha value is -2.29. The molecule has 0 fully saturated rings. The van der Waals surface area contributed by atoms with Gasteiger partial charge in [-0.15, -0.1) is 0 Å². The van der Waals surface area contributed by atoms with E-state index in [0.717, 1.165) is 0 Å². The summed E-state index contributed by atoms with van der Waals surface area (Å²) >= 11 is 0. The van der Waals surface area contributed by atoms with Crippen LogP contribution in [0.5, 0.6) is 5.75 Å². The lowest BCUT2D eigenvalue weighted by molar-refractivity contribution is -0.112. The lowest BCUT2D eigenvalue weighted by atomic mass is 10.2. The molecule has 0 radical (unpaired) electrons. The Labute approximate surface area is 94.4 Å². The largest absolute Gasteiger partial charge is 0.508 e. The van der Waals surface area contributed by atoms with Crippen LogP contribution in [-0.4, -0.2) is 11.0 Å². The van der Waals surface area contributed by atoms with Crippen molar-refractivity contribution in [2.45, 2.75) is 0 Å². The third-order valence-electron chi connectivity index (χ3n) is 1.90. The summed E-state index contributed by atoms with van der Waals surface area (Å²) in [5.74, 6) is -0.107. The van der Waals surface area contributed by atoms with E-state index >= 15 is 0 Å². The molecular weight excluding hydrogens is 202 g/mol. The van der Waals surface area contributed by atoms with Crippen molar-refractivity contribution in [3.8, 4) is 5.75 Å². The fraction of sp³-hybridized carbons (Fsp3) is 0. The number of carbonyl (C=O) groups is 1. The molecule has 3 heteroatoms. The smallest absolute Gasteiger partial charge is 0.255 e. The molecule has 0 spiro atoms. The fourth-order valence-corrected chi connectivity index (χ4v) is 1.11. The first-order valence-corrected chi connectivity index (χ1v) is 4.73. The molecule has 3 nitrogen and oxygen atoms in total. The van der Waals surface area contributed by atoms with Gasteiger partial charge in [0.2, 0.25) is 0 Å². The average Bonchev–Trinajstić information content (AvgIpc) is 2.29. The minimum atomic E-state index is -0.263. The first kappa shape index (κ1) is 11.8. The number of allylic oxidation sites excluding steroid dienone is 2. The standard InChI is InChI=1S/C13H13NO2/c1-3-5-10(4-2)13(16)14-11-6-8-12(15)9-7-11/h3-9,15H,1-2H2,(H,14,16)/b10-5+. The molecule has 0 saturated carbocycles. The van der Waals surface area contributed by atoms with Gasteiger partial charge >= 0.3 is 0 Å². The molecule has 0 saturated heterocycles. The Morgan fingerprint density at radius 2 is 1.88 bits per heavy atom. The molecule has 0 bridgehead atoms. The van der Waals surface area contributed by atoms with Crippen molar-refractivity contribution >= 4 is 11.6 Å². The number of benzene rings is 1. The number of rotatable bonds is 4. The van der Waals surface area contributed by atoms with Gasteiger partial charge in [-0.2, -0.15) is 0 Å². The highest BCUT2D eigenvalue weighted by atomic mass is 16.3. The summed E-state index contributed by atoms with van der Waals surface area (Å²) in [6, 6.07) is 6.23. The Morgan fingerprint density at radius 3 is 2.38 bits per heavy atom. The van der Waals surface area contributed by atoms with Crippen LogP contribution in [0.1, 0.15) is 0 Å². The molecule has 0 atom stereocenters. The summed E-state index contributed by atoms with van der Waals surface area (Å²) < 4.78 is 0. The molecule has 1 aromatic carbocycles. The van der Waals surface area contributed by atoms with Crippen molar-refractivity contribution in [2.24, 2.45) is 0 Å². The van der Waals surface area contributed by atoms with Crippen molar-refractivity contribution in [2.75, 3.05) is 5.32 Å². The highest BCUT2D eigenvalue weighted by Gasteiger charge is 2.04. The second kappa shape index (κ2) is 5.56. The summed E-state index contributed by atoms with van der Waals surface area (Å²) in [6.45, 7) is 7.05. The Balaban J connectivity index is 2.78. The van der Waals surface area contributed by atoms with Crippen LogP contribution in [0, 0.1) is 0 Å². The molecule has 1 rings (SSSR count). The second-order valence-corrected chi connectivity index (χ2v) is 3.06. The zero-order valence-corrected chi connectivity index (χ0v) is 8.81. The fourth-order valence-electron chi connectivity index (χ4n) is 1.11. The maximum absolute atomic E-state index is 11.7. The Morgan fingerprint density at radius 1 is 1.25 bits per heavy atom. The van der Waals surface area contributed by atoms with Crippen LogP contribution in [0.2, 0.25) is 0 Å². The van der Waals surface area contributed by atoms with Gasteiger partial charge in [-0.25, -0.2) is 0 Å². The van der Waals surface area contributed by atoms with Gasteiger partial charge in [0.05, 0.1) is 0 Å². The van der Waals surface area contributed by atoms with E-state index in [1.165, 1.54) is 24.3 Å². The molecule has 0 aliphatic rings. The van der Waals surface area contributed by atoms with Crippen molar-refractivity contribution in [3.63, 3.8) is 0 Å². The quantitative estimate of drug-likeness (QED) is 0.461. The predicted octanol–water partition coefficient (Wildman–Crippen LogP) is 2.63. The molecule has 1 aromatic rings. The number of phenols is 1. The minimum absolute atomic E-state index is 0.156. The third kappa shape index (κ3) is 3.13. The van der Waals surface area contributed by atoms with E-state index < -0.39 is 0 Å². The maximum atomic E-state index is 11.7. The van der Waals surface area contributed by atoms with E-state index in [2.05, 4.69) is 18.5 Å². The van der Waals surface area contributed by atoms with Gasteiger partial charge in [0.25, 0.3) is 5.91 Å².